The summed E-state index contributed by atoms with van der Waals surface area (Å²) in [6.45, 7) is 1.90. The first-order valence-corrected chi connectivity index (χ1v) is 11.2. The lowest BCUT2D eigenvalue weighted by molar-refractivity contribution is -0.113. The van der Waals surface area contributed by atoms with Crippen molar-refractivity contribution in [3.8, 4) is 0 Å². The number of carbonyl (C=O) groups is 3. The largest absolute Gasteiger partial charge is 0.465 e. The van der Waals surface area contributed by atoms with Gasteiger partial charge in [0.05, 0.1) is 25.0 Å². The number of nitrogen functional groups attached to an aromatic ring is 1. The van der Waals surface area contributed by atoms with Gasteiger partial charge >= 0.3 is 11.9 Å². The van der Waals surface area contributed by atoms with Gasteiger partial charge in [-0.3, -0.25) is 4.79 Å². The van der Waals surface area contributed by atoms with Crippen LogP contribution in [-0.2, 0) is 27.1 Å². The molecule has 1 aliphatic carbocycles. The number of hydrogen-bond acceptors (Lipinski definition) is 10. The number of rotatable bonds is 7. The minimum absolute atomic E-state index is 0.00901. The summed E-state index contributed by atoms with van der Waals surface area (Å²) in [5.74, 6) is -1.34. The Balaban J connectivity index is 1.67. The van der Waals surface area contributed by atoms with Gasteiger partial charge in [0.2, 0.25) is 5.91 Å². The number of thioether (sulfide) groups is 1. The summed E-state index contributed by atoms with van der Waals surface area (Å²) in [7, 11) is 1.33. The van der Waals surface area contributed by atoms with Crippen LogP contribution in [0.4, 0.5) is 10.8 Å². The van der Waals surface area contributed by atoms with Gasteiger partial charge in [-0.25, -0.2) is 19.6 Å². The molecule has 0 unspecified atom stereocenters. The van der Waals surface area contributed by atoms with Crippen LogP contribution >= 0.6 is 23.1 Å². The molecule has 0 spiro atoms. The molecule has 0 fully saturated rings. The number of thiophene rings is 1. The first kappa shape index (κ1) is 22.0. The third kappa shape index (κ3) is 4.90. The standard InChI is InChI=1S/C19H22N4O5S2/c1-3-28-17(25)11-8-21-19(23-15(11)20)29-9-13(24)22-16-14(18(26)27-2)10-6-4-5-7-12(10)30-16/h8H,3-7,9H2,1-2H3,(H,22,24)(H2,20,21,23). The monoisotopic (exact) mass is 450 g/mol. The van der Waals surface area contributed by atoms with Gasteiger partial charge in [0, 0.05) is 11.1 Å². The molecule has 0 bridgehead atoms. The lowest BCUT2D eigenvalue weighted by Gasteiger charge is -2.11. The number of nitrogens with zero attached hydrogens (tertiary/aromatic N) is 2. The van der Waals surface area contributed by atoms with Crippen LogP contribution in [0.2, 0.25) is 0 Å². The summed E-state index contributed by atoms with van der Waals surface area (Å²) in [5.41, 5.74) is 7.30. The second-order valence-corrected chi connectivity index (χ2v) is 8.46. The summed E-state index contributed by atoms with van der Waals surface area (Å²) in [4.78, 5) is 45.7. The van der Waals surface area contributed by atoms with E-state index in [2.05, 4.69) is 15.3 Å². The van der Waals surface area contributed by atoms with E-state index in [1.807, 2.05) is 0 Å². The molecule has 0 saturated heterocycles. The minimum Gasteiger partial charge on any atom is -0.465 e. The van der Waals surface area contributed by atoms with Gasteiger partial charge in [-0.15, -0.1) is 11.3 Å². The molecule has 3 rings (SSSR count). The van der Waals surface area contributed by atoms with Crippen molar-refractivity contribution in [1.82, 2.24) is 9.97 Å². The molecule has 0 radical (unpaired) electrons. The molecule has 0 aliphatic heterocycles. The van der Waals surface area contributed by atoms with Crippen molar-refractivity contribution < 1.29 is 23.9 Å². The van der Waals surface area contributed by atoms with E-state index < -0.39 is 11.9 Å². The van der Waals surface area contributed by atoms with Crippen molar-refractivity contribution in [2.45, 2.75) is 37.8 Å². The molecule has 9 nitrogen and oxygen atoms in total. The summed E-state index contributed by atoms with van der Waals surface area (Å²) < 4.78 is 9.79. The maximum Gasteiger partial charge on any atom is 0.343 e. The number of anilines is 2. The van der Waals surface area contributed by atoms with Gasteiger partial charge < -0.3 is 20.5 Å². The number of esters is 2. The Labute approximate surface area is 181 Å². The molecule has 30 heavy (non-hydrogen) atoms. The number of aryl methyl sites for hydroxylation is 1. The fraction of sp³-hybridized carbons (Fsp3) is 0.421. The molecule has 1 amide bonds. The Morgan fingerprint density at radius 2 is 2.03 bits per heavy atom. The molecular formula is C19H22N4O5S2. The van der Waals surface area contributed by atoms with Crippen LogP contribution in [-0.4, -0.2) is 47.3 Å². The molecule has 0 atom stereocenters. The molecule has 160 valence electrons. The highest BCUT2D eigenvalue weighted by molar-refractivity contribution is 7.99. The van der Waals surface area contributed by atoms with Gasteiger partial charge in [-0.1, -0.05) is 11.8 Å². The van der Waals surface area contributed by atoms with E-state index in [1.54, 1.807) is 6.92 Å². The van der Waals surface area contributed by atoms with E-state index in [1.165, 1.54) is 24.6 Å². The van der Waals surface area contributed by atoms with E-state index >= 15 is 0 Å². The second kappa shape index (κ2) is 9.90. The number of amides is 1. The quantitative estimate of drug-likeness (QED) is 0.371. The van der Waals surface area contributed by atoms with Crippen LogP contribution in [0, 0.1) is 0 Å². The van der Waals surface area contributed by atoms with Crippen molar-refractivity contribution in [2.24, 2.45) is 0 Å². The maximum atomic E-state index is 12.5. The Bertz CT molecular complexity index is 976. The average molecular weight is 451 g/mol. The highest BCUT2D eigenvalue weighted by Crippen LogP contribution is 2.38. The van der Waals surface area contributed by atoms with Crippen LogP contribution in [0.25, 0.3) is 0 Å². The lowest BCUT2D eigenvalue weighted by Crippen LogP contribution is -2.17. The van der Waals surface area contributed by atoms with E-state index in [0.29, 0.717) is 10.6 Å². The number of aromatic nitrogens is 2. The Kier molecular flexibility index (Phi) is 7.27. The summed E-state index contributed by atoms with van der Waals surface area (Å²) >= 11 is 2.50. The van der Waals surface area contributed by atoms with Crippen LogP contribution in [0.3, 0.4) is 0 Å². The number of methoxy groups -OCH3 is 1. The maximum absolute atomic E-state index is 12.5. The van der Waals surface area contributed by atoms with Crippen LogP contribution in [0.15, 0.2) is 11.4 Å². The molecule has 2 aromatic rings. The Morgan fingerprint density at radius 3 is 2.73 bits per heavy atom. The fourth-order valence-electron chi connectivity index (χ4n) is 3.08. The Hall–Kier alpha value is -2.66. The highest BCUT2D eigenvalue weighted by Gasteiger charge is 2.27. The molecule has 0 aromatic carbocycles. The van der Waals surface area contributed by atoms with Crippen molar-refractivity contribution >= 4 is 51.8 Å². The normalized spacial score (nSPS) is 12.7. The molecule has 2 aromatic heterocycles. The number of ether oxygens (including phenoxy) is 2. The summed E-state index contributed by atoms with van der Waals surface area (Å²) in [6, 6.07) is 0. The summed E-state index contributed by atoms with van der Waals surface area (Å²) in [6.07, 6.45) is 5.06. The molecule has 1 aliphatic rings. The first-order chi connectivity index (χ1) is 14.4. The van der Waals surface area contributed by atoms with Gasteiger partial charge in [0.1, 0.15) is 16.4 Å². The zero-order chi connectivity index (χ0) is 21.7. The van der Waals surface area contributed by atoms with Gasteiger partial charge in [0.15, 0.2) is 5.16 Å². The number of fused-ring (bicyclic) bond motifs is 1. The second-order valence-electron chi connectivity index (χ2n) is 6.42. The van der Waals surface area contributed by atoms with Gasteiger partial charge in [-0.05, 0) is 38.2 Å². The fourth-order valence-corrected chi connectivity index (χ4v) is 4.99. The summed E-state index contributed by atoms with van der Waals surface area (Å²) in [5, 5.41) is 3.58. The van der Waals surface area contributed by atoms with Crippen LogP contribution < -0.4 is 11.1 Å². The molecule has 3 N–H and O–H groups in total. The van der Waals surface area contributed by atoms with Gasteiger partial charge in [-0.2, -0.15) is 0 Å². The first-order valence-electron chi connectivity index (χ1n) is 9.39. The van der Waals surface area contributed by atoms with Crippen LogP contribution in [0.5, 0.6) is 0 Å². The van der Waals surface area contributed by atoms with Crippen molar-refractivity contribution in [3.63, 3.8) is 0 Å². The van der Waals surface area contributed by atoms with Crippen LogP contribution in [0.1, 0.15) is 50.9 Å². The smallest absolute Gasteiger partial charge is 0.343 e. The van der Waals surface area contributed by atoms with Crippen molar-refractivity contribution in [2.75, 3.05) is 30.5 Å². The zero-order valence-electron chi connectivity index (χ0n) is 16.6. The molecule has 0 saturated carbocycles. The number of nitrogens with two attached hydrogens (primary N) is 1. The third-order valence-electron chi connectivity index (χ3n) is 4.44. The number of hydrogen-bond donors (Lipinski definition) is 2. The predicted octanol–water partition coefficient (Wildman–Crippen LogP) is 2.69. The number of carbonyl (C=O) groups excluding carboxylic acids is 3. The third-order valence-corrected chi connectivity index (χ3v) is 6.51. The topological polar surface area (TPSA) is 134 Å². The minimum atomic E-state index is -0.596. The number of nitrogens with one attached hydrogen (secondary N) is 1. The SMILES string of the molecule is CCOC(=O)c1cnc(SCC(=O)Nc2sc3c(c2C(=O)OC)CCCC3)nc1N. The Morgan fingerprint density at radius 1 is 1.27 bits per heavy atom. The van der Waals surface area contributed by atoms with E-state index in [4.69, 9.17) is 15.2 Å². The van der Waals surface area contributed by atoms with E-state index in [-0.39, 0.29) is 34.8 Å². The van der Waals surface area contributed by atoms with E-state index in [9.17, 15) is 14.4 Å². The van der Waals surface area contributed by atoms with Gasteiger partial charge in [0.25, 0.3) is 0 Å². The van der Waals surface area contributed by atoms with Crippen molar-refractivity contribution in [3.05, 3.63) is 27.8 Å². The highest BCUT2D eigenvalue weighted by atomic mass is 32.2. The predicted molar refractivity (Wildman–Crippen MR) is 114 cm³/mol. The van der Waals surface area contributed by atoms with E-state index in [0.717, 1.165) is 47.9 Å². The molecule has 2 heterocycles. The van der Waals surface area contributed by atoms with Crippen molar-refractivity contribution in [1.29, 1.82) is 0 Å². The zero-order valence-corrected chi connectivity index (χ0v) is 18.3. The molecular weight excluding hydrogens is 428 g/mol. The molecule has 11 heteroatoms. The average Bonchev–Trinajstić information content (AvgIpc) is 3.09. The lowest BCUT2D eigenvalue weighted by atomic mass is 9.95.